The lowest BCUT2D eigenvalue weighted by Crippen LogP contribution is -2.64. The van der Waals surface area contributed by atoms with Crippen LogP contribution in [0.25, 0.3) is 49.7 Å². The molecule has 0 saturated heterocycles. The molecule has 0 unspecified atom stereocenters. The van der Waals surface area contributed by atoms with Crippen LogP contribution in [0.4, 0.5) is 34.1 Å². The van der Waals surface area contributed by atoms with Crippen LogP contribution < -0.4 is 47.3 Å². The average molecular weight is 936 g/mol. The lowest BCUT2D eigenvalue weighted by Gasteiger charge is -2.43. The first-order valence-corrected chi connectivity index (χ1v) is 25.8. The van der Waals surface area contributed by atoms with E-state index in [1.807, 2.05) is 0 Å². The van der Waals surface area contributed by atoms with Gasteiger partial charge in [-0.15, -0.1) is 0 Å². The van der Waals surface area contributed by atoms with Crippen molar-refractivity contribution in [3.63, 3.8) is 0 Å². The third-order valence-electron chi connectivity index (χ3n) is 16.5. The lowest BCUT2D eigenvalue weighted by molar-refractivity contribution is 0.488. The van der Waals surface area contributed by atoms with E-state index in [1.54, 1.807) is 0 Å². The summed E-state index contributed by atoms with van der Waals surface area (Å²) >= 11 is 0. The van der Waals surface area contributed by atoms with Gasteiger partial charge in [-0.2, -0.15) is 0 Å². The van der Waals surface area contributed by atoms with Crippen LogP contribution in [0.1, 0.15) is 38.9 Å². The molecule has 0 N–H and O–H groups in total. The molecule has 0 saturated carbocycles. The van der Waals surface area contributed by atoms with Crippen LogP contribution >= 0.6 is 0 Å². The smallest absolute Gasteiger partial charge is 0.256 e. The number of benzene rings is 10. The summed E-state index contributed by atoms with van der Waals surface area (Å²) in [5, 5.41) is 2.60. The first-order valence-electron chi connectivity index (χ1n) is 25.8. The minimum atomic E-state index is -0.0860. The molecule has 4 aliphatic heterocycles. The van der Waals surface area contributed by atoms with Crippen molar-refractivity contribution < 1.29 is 4.74 Å². The van der Waals surface area contributed by atoms with Crippen molar-refractivity contribution >= 4 is 102 Å². The van der Waals surface area contributed by atoms with Crippen molar-refractivity contribution in [2.75, 3.05) is 9.80 Å². The van der Waals surface area contributed by atoms with Crippen LogP contribution in [0, 0.1) is 48.5 Å². The van der Waals surface area contributed by atoms with Gasteiger partial charge in [0, 0.05) is 62.2 Å². The third kappa shape index (κ3) is 6.10. The number of nitrogens with zero attached hydrogens (tertiary/aromatic N) is 3. The van der Waals surface area contributed by atoms with Crippen molar-refractivity contribution in [2.24, 2.45) is 0 Å². The van der Waals surface area contributed by atoms with E-state index in [0.717, 1.165) is 45.4 Å². The first-order chi connectivity index (χ1) is 35.5. The largest absolute Gasteiger partial charge is 0.458 e. The van der Waals surface area contributed by atoms with Gasteiger partial charge in [0.05, 0.1) is 5.52 Å². The molecule has 0 fully saturated rings. The molecule has 4 aliphatic rings. The summed E-state index contributed by atoms with van der Waals surface area (Å²) in [6.45, 7) is 15.3. The van der Waals surface area contributed by atoms with Gasteiger partial charge in [0.1, 0.15) is 11.5 Å². The highest BCUT2D eigenvalue weighted by Gasteiger charge is 2.47. The van der Waals surface area contributed by atoms with Gasteiger partial charge in [-0.25, -0.2) is 0 Å². The second-order valence-electron chi connectivity index (χ2n) is 21.4. The van der Waals surface area contributed by atoms with E-state index in [1.165, 1.54) is 122 Å². The summed E-state index contributed by atoms with van der Waals surface area (Å²) in [7, 11) is 0. The molecule has 0 bridgehead atoms. The van der Waals surface area contributed by atoms with E-state index in [0.29, 0.717) is 0 Å². The van der Waals surface area contributed by atoms with E-state index in [-0.39, 0.29) is 13.4 Å². The van der Waals surface area contributed by atoms with Gasteiger partial charge in [0.2, 0.25) is 0 Å². The lowest BCUT2D eigenvalue weighted by atomic mass is 9.30. The normalized spacial score (nSPS) is 13.4. The van der Waals surface area contributed by atoms with Gasteiger partial charge in [-0.05, 0) is 176 Å². The Kier molecular flexibility index (Phi) is 8.84. The Morgan fingerprint density at radius 2 is 0.904 bits per heavy atom. The highest BCUT2D eigenvalue weighted by Crippen LogP contribution is 2.48. The number of aryl methyl sites for hydroxylation is 7. The van der Waals surface area contributed by atoms with Crippen molar-refractivity contribution in [3.05, 3.63) is 221 Å². The molecule has 346 valence electrons. The second-order valence-corrected chi connectivity index (χ2v) is 21.4. The maximum atomic E-state index is 7.56. The maximum absolute atomic E-state index is 7.56. The average Bonchev–Trinajstić information content (AvgIpc) is 3.72. The Hall–Kier alpha value is -8.47. The molecule has 6 heteroatoms. The monoisotopic (exact) mass is 935 g/mol. The first kappa shape index (κ1) is 42.2. The van der Waals surface area contributed by atoms with Crippen molar-refractivity contribution in [2.45, 2.75) is 48.5 Å². The van der Waals surface area contributed by atoms with Crippen LogP contribution in [0.2, 0.25) is 0 Å². The zero-order chi connectivity index (χ0) is 49.1. The van der Waals surface area contributed by atoms with Gasteiger partial charge in [0.25, 0.3) is 13.4 Å². The number of ether oxygens (including phenoxy) is 1. The summed E-state index contributed by atoms with van der Waals surface area (Å²) < 4.78 is 10.2. The van der Waals surface area contributed by atoms with Gasteiger partial charge in [-0.1, -0.05) is 142 Å². The topological polar surface area (TPSA) is 20.6 Å². The Bertz CT molecular complexity index is 4190. The number of hydrogen-bond acceptors (Lipinski definition) is 3. The predicted molar refractivity (Wildman–Crippen MR) is 310 cm³/mol. The van der Waals surface area contributed by atoms with Crippen molar-refractivity contribution in [3.8, 4) is 39.4 Å². The standard InChI is InChI=1S/C67H51B2N3O/c1-38-11-20-45(21-12-38)47-32-59-65-60(33-47)72-56-28-19-42(5)29-51(56)52-30-43(6)31-55(67(52)72)68(65)53-36-54-62(37-58(53)71(59)50-26-17-41(4)18-27-50)73-63-35-48(46-22-13-39(2)14-23-46)34-61-66(63)69(54)64-44(7)9-8-10-57(64)70(61)49-24-15-40(3)16-25-49/h8-37H,1-7H3. The molecular formula is C67H51B2N3O. The summed E-state index contributed by atoms with van der Waals surface area (Å²) in [5.74, 6) is 1.79. The zero-order valence-corrected chi connectivity index (χ0v) is 42.2. The Morgan fingerprint density at radius 3 is 1.56 bits per heavy atom. The number of aromatic nitrogens is 1. The van der Waals surface area contributed by atoms with Gasteiger partial charge in [-0.3, -0.25) is 0 Å². The zero-order valence-electron chi connectivity index (χ0n) is 42.2. The third-order valence-corrected chi connectivity index (χ3v) is 16.5. The molecule has 1 aromatic heterocycles. The van der Waals surface area contributed by atoms with E-state index in [4.69, 9.17) is 4.74 Å². The molecule has 4 nitrogen and oxygen atoms in total. The van der Waals surface area contributed by atoms with Crippen LogP contribution in [0.3, 0.4) is 0 Å². The highest BCUT2D eigenvalue weighted by atomic mass is 16.5. The number of rotatable bonds is 4. The number of fused-ring (bicyclic) bond motifs is 11. The predicted octanol–water partition coefficient (Wildman–Crippen LogP) is 13.3. The van der Waals surface area contributed by atoms with E-state index < -0.39 is 0 Å². The Morgan fingerprint density at radius 1 is 0.342 bits per heavy atom. The van der Waals surface area contributed by atoms with Crippen LogP contribution in [0.15, 0.2) is 182 Å². The quantitative estimate of drug-likeness (QED) is 0.164. The van der Waals surface area contributed by atoms with Crippen LogP contribution in [-0.2, 0) is 0 Å². The number of hydrogen-bond donors (Lipinski definition) is 0. The molecule has 0 aliphatic carbocycles. The van der Waals surface area contributed by atoms with E-state index in [2.05, 4.69) is 245 Å². The van der Waals surface area contributed by atoms with Crippen LogP contribution in [0.5, 0.6) is 11.5 Å². The summed E-state index contributed by atoms with van der Waals surface area (Å²) in [6, 6.07) is 69.4. The van der Waals surface area contributed by atoms with E-state index in [9.17, 15) is 0 Å². The highest BCUT2D eigenvalue weighted by molar-refractivity contribution is 7.02. The second kappa shape index (κ2) is 15.3. The molecule has 0 amide bonds. The molecule has 10 aromatic carbocycles. The molecule has 0 radical (unpaired) electrons. The Balaban J connectivity index is 1.06. The molecule has 5 heterocycles. The maximum Gasteiger partial charge on any atom is 0.256 e. The van der Waals surface area contributed by atoms with Gasteiger partial charge < -0.3 is 19.1 Å². The fourth-order valence-corrected chi connectivity index (χ4v) is 13.0. The van der Waals surface area contributed by atoms with Crippen LogP contribution in [-0.4, -0.2) is 18.0 Å². The molecule has 0 spiro atoms. The Labute approximate surface area is 427 Å². The fourth-order valence-electron chi connectivity index (χ4n) is 13.0. The summed E-state index contributed by atoms with van der Waals surface area (Å²) in [6.07, 6.45) is 0. The SMILES string of the molecule is Cc1ccc(-c2cc3c4c(c2)N(c2ccc(C)cc2)c2cccc(C)c2B4c2cc4c(cc2O3)N(c2ccc(C)cc2)c2cc(-c3ccc(C)cc3)cc3c2B4c2cc(C)cc4c5cc(C)ccc5n-3c24)cc1. The molecule has 73 heavy (non-hydrogen) atoms. The molecule has 11 aromatic rings. The summed E-state index contributed by atoms with van der Waals surface area (Å²) in [5.41, 5.74) is 31.8. The fraction of sp³-hybridized carbons (Fsp3) is 0.104. The van der Waals surface area contributed by atoms with Gasteiger partial charge >= 0.3 is 0 Å². The molecular weight excluding hydrogens is 884 g/mol. The van der Waals surface area contributed by atoms with Crippen molar-refractivity contribution in [1.82, 2.24) is 4.57 Å². The molecule has 15 rings (SSSR count). The minimum Gasteiger partial charge on any atom is -0.458 e. The van der Waals surface area contributed by atoms with E-state index >= 15 is 0 Å². The number of anilines is 6. The van der Waals surface area contributed by atoms with Crippen molar-refractivity contribution in [1.29, 1.82) is 0 Å². The molecule has 0 atom stereocenters. The summed E-state index contributed by atoms with van der Waals surface area (Å²) in [4.78, 5) is 5.03. The van der Waals surface area contributed by atoms with Gasteiger partial charge in [0.15, 0.2) is 0 Å². The minimum absolute atomic E-state index is 0.0619.